The van der Waals surface area contributed by atoms with E-state index in [-0.39, 0.29) is 12.5 Å². The average molecular weight is 559 g/mol. The van der Waals surface area contributed by atoms with Crippen molar-refractivity contribution < 1.29 is 23.9 Å². The van der Waals surface area contributed by atoms with Gasteiger partial charge in [0.1, 0.15) is 11.6 Å². The van der Waals surface area contributed by atoms with E-state index in [1.165, 1.54) is 29.0 Å². The zero-order valence-electron chi connectivity index (χ0n) is 24.7. The maximum absolute atomic E-state index is 13.0. The van der Waals surface area contributed by atoms with Gasteiger partial charge in [0.15, 0.2) is 0 Å². The third-order valence-corrected chi connectivity index (χ3v) is 7.69. The van der Waals surface area contributed by atoms with E-state index in [1.54, 1.807) is 32.9 Å². The van der Waals surface area contributed by atoms with E-state index >= 15 is 0 Å². The van der Waals surface area contributed by atoms with E-state index in [0.717, 1.165) is 25.7 Å². The van der Waals surface area contributed by atoms with Gasteiger partial charge in [0.05, 0.1) is 13.5 Å². The Balaban J connectivity index is 1.39. The van der Waals surface area contributed by atoms with Crippen molar-refractivity contribution in [3.05, 3.63) is 83.4 Å². The normalized spacial score (nSPS) is 18.8. The summed E-state index contributed by atoms with van der Waals surface area (Å²) in [6.07, 6.45) is 4.10. The molecule has 0 unspecified atom stereocenters. The van der Waals surface area contributed by atoms with E-state index < -0.39 is 29.5 Å². The van der Waals surface area contributed by atoms with Gasteiger partial charge in [0.2, 0.25) is 0 Å². The number of fused-ring (bicyclic) bond motifs is 1. The number of rotatable bonds is 9. The van der Waals surface area contributed by atoms with Gasteiger partial charge in [-0.1, -0.05) is 61.0 Å². The molecule has 0 bridgehead atoms. The van der Waals surface area contributed by atoms with Crippen LogP contribution in [0.2, 0.25) is 0 Å². The number of amides is 1. The zero-order valence-corrected chi connectivity index (χ0v) is 24.7. The number of carbonyl (C=O) groups excluding carboxylic acids is 3. The third kappa shape index (κ3) is 8.17. The molecule has 0 spiro atoms. The highest BCUT2D eigenvalue weighted by Gasteiger charge is 2.30. The van der Waals surface area contributed by atoms with Crippen molar-refractivity contribution in [1.82, 2.24) is 10.6 Å². The molecular formula is C34H42N2O5. The first-order chi connectivity index (χ1) is 19.5. The standard InChI is InChI=1S/C34H42N2O5/c1-22(28-15-9-11-24-10-6-7-14-29(24)28)35-27-13-8-12-26(20-27)23-16-18-25(19-17-23)32(38)36-30(21-31(37)40-5)33(39)41-34(2,3)4/h6-7,9-11,14-19,22,26-27,30,35H,8,12-13,20-21H2,1-5H3,(H,36,38)/t22-,26+,27+,30+/m1/s1. The molecule has 1 aliphatic carbocycles. The summed E-state index contributed by atoms with van der Waals surface area (Å²) in [5.41, 5.74) is 2.18. The Labute approximate surface area is 243 Å². The number of methoxy groups -OCH3 is 1. The van der Waals surface area contributed by atoms with Crippen LogP contribution in [0, 0.1) is 0 Å². The van der Waals surface area contributed by atoms with E-state index in [4.69, 9.17) is 9.47 Å². The Bertz CT molecular complexity index is 1360. The minimum Gasteiger partial charge on any atom is -0.469 e. The smallest absolute Gasteiger partial charge is 0.329 e. The molecule has 1 amide bonds. The molecule has 0 saturated heterocycles. The van der Waals surface area contributed by atoms with Gasteiger partial charge in [-0.15, -0.1) is 0 Å². The predicted molar refractivity (Wildman–Crippen MR) is 161 cm³/mol. The molecule has 218 valence electrons. The molecule has 1 aliphatic rings. The number of carbonyl (C=O) groups is 3. The zero-order chi connectivity index (χ0) is 29.6. The molecule has 0 radical (unpaired) electrons. The van der Waals surface area contributed by atoms with Crippen molar-refractivity contribution >= 4 is 28.6 Å². The fourth-order valence-electron chi connectivity index (χ4n) is 5.68. The van der Waals surface area contributed by atoms with E-state index in [2.05, 4.69) is 60.0 Å². The minimum atomic E-state index is -1.14. The number of benzene rings is 3. The molecular weight excluding hydrogens is 516 g/mol. The molecule has 7 nitrogen and oxygen atoms in total. The second kappa shape index (κ2) is 13.3. The lowest BCUT2D eigenvalue weighted by Gasteiger charge is -2.32. The quantitative estimate of drug-likeness (QED) is 0.303. The largest absolute Gasteiger partial charge is 0.469 e. The lowest BCUT2D eigenvalue weighted by Crippen LogP contribution is -2.45. The maximum Gasteiger partial charge on any atom is 0.329 e. The first-order valence-corrected chi connectivity index (χ1v) is 14.5. The molecule has 7 heteroatoms. The van der Waals surface area contributed by atoms with Crippen molar-refractivity contribution in [2.45, 2.75) is 89.4 Å². The molecule has 0 aliphatic heterocycles. The molecule has 1 fully saturated rings. The summed E-state index contributed by atoms with van der Waals surface area (Å²) in [5.74, 6) is -1.33. The summed E-state index contributed by atoms with van der Waals surface area (Å²) in [5, 5.41) is 9.08. The summed E-state index contributed by atoms with van der Waals surface area (Å²) >= 11 is 0. The molecule has 2 N–H and O–H groups in total. The van der Waals surface area contributed by atoms with Crippen molar-refractivity contribution in [2.24, 2.45) is 0 Å². The number of nitrogens with one attached hydrogen (secondary N) is 2. The predicted octanol–water partition coefficient (Wildman–Crippen LogP) is 6.22. The summed E-state index contributed by atoms with van der Waals surface area (Å²) < 4.78 is 10.1. The fraction of sp³-hybridized carbons (Fsp3) is 0.441. The lowest BCUT2D eigenvalue weighted by atomic mass is 9.80. The van der Waals surface area contributed by atoms with Crippen LogP contribution >= 0.6 is 0 Å². The van der Waals surface area contributed by atoms with Crippen LogP contribution in [0.3, 0.4) is 0 Å². The van der Waals surface area contributed by atoms with E-state index in [0.29, 0.717) is 17.5 Å². The van der Waals surface area contributed by atoms with Gasteiger partial charge in [0, 0.05) is 17.6 Å². The van der Waals surface area contributed by atoms with Crippen LogP contribution in [0.5, 0.6) is 0 Å². The van der Waals surface area contributed by atoms with Crippen LogP contribution in [0.4, 0.5) is 0 Å². The monoisotopic (exact) mass is 558 g/mol. The number of esters is 2. The Morgan fingerprint density at radius 3 is 2.37 bits per heavy atom. The van der Waals surface area contributed by atoms with Gasteiger partial charge >= 0.3 is 11.9 Å². The summed E-state index contributed by atoms with van der Waals surface area (Å²) in [6.45, 7) is 7.44. The van der Waals surface area contributed by atoms with Crippen molar-refractivity contribution in [3.63, 3.8) is 0 Å². The van der Waals surface area contributed by atoms with Gasteiger partial charge < -0.3 is 20.1 Å². The minimum absolute atomic E-state index is 0.235. The van der Waals surface area contributed by atoms with E-state index in [9.17, 15) is 14.4 Å². The van der Waals surface area contributed by atoms with Gasteiger partial charge in [-0.25, -0.2) is 4.79 Å². The Morgan fingerprint density at radius 1 is 0.951 bits per heavy atom. The topological polar surface area (TPSA) is 93.7 Å². The number of hydrogen-bond donors (Lipinski definition) is 2. The van der Waals surface area contributed by atoms with Crippen molar-refractivity contribution in [2.75, 3.05) is 7.11 Å². The number of ether oxygens (including phenoxy) is 2. The van der Waals surface area contributed by atoms with E-state index in [1.807, 2.05) is 12.1 Å². The van der Waals surface area contributed by atoms with Crippen LogP contribution in [0.15, 0.2) is 66.7 Å². The summed E-state index contributed by atoms with van der Waals surface area (Å²) in [7, 11) is 1.24. The fourth-order valence-corrected chi connectivity index (χ4v) is 5.68. The van der Waals surface area contributed by atoms with Crippen molar-refractivity contribution in [1.29, 1.82) is 0 Å². The van der Waals surface area contributed by atoms with Crippen LogP contribution in [-0.4, -0.2) is 42.6 Å². The highest BCUT2D eigenvalue weighted by Crippen LogP contribution is 2.34. The molecule has 4 rings (SSSR count). The van der Waals surface area contributed by atoms with Gasteiger partial charge in [-0.2, -0.15) is 0 Å². The SMILES string of the molecule is COC(=O)C[C@H](NC(=O)c1ccc([C@H]2CCC[C@H](N[C@H](C)c3cccc4ccccc34)C2)cc1)C(=O)OC(C)(C)C. The van der Waals surface area contributed by atoms with Crippen LogP contribution in [0.25, 0.3) is 10.8 Å². The second-order valence-corrected chi connectivity index (χ2v) is 12.0. The summed E-state index contributed by atoms with van der Waals surface area (Å²) in [6, 6.07) is 22.1. The first kappa shape index (κ1) is 30.3. The highest BCUT2D eigenvalue weighted by molar-refractivity contribution is 5.97. The Morgan fingerprint density at radius 2 is 1.66 bits per heavy atom. The van der Waals surface area contributed by atoms with Gasteiger partial charge in [0.25, 0.3) is 5.91 Å². The molecule has 0 heterocycles. The molecule has 3 aromatic rings. The Hall–Kier alpha value is -3.71. The molecule has 1 saturated carbocycles. The second-order valence-electron chi connectivity index (χ2n) is 12.0. The molecule has 0 aromatic heterocycles. The summed E-state index contributed by atoms with van der Waals surface area (Å²) in [4.78, 5) is 37.5. The Kier molecular flexibility index (Phi) is 9.81. The number of hydrogen-bond acceptors (Lipinski definition) is 6. The van der Waals surface area contributed by atoms with Crippen molar-refractivity contribution in [3.8, 4) is 0 Å². The van der Waals surface area contributed by atoms with Crippen LogP contribution in [0.1, 0.15) is 93.2 Å². The lowest BCUT2D eigenvalue weighted by molar-refractivity contribution is -0.160. The van der Waals surface area contributed by atoms with Gasteiger partial charge in [-0.05, 0) is 86.9 Å². The molecule has 41 heavy (non-hydrogen) atoms. The molecule has 3 aromatic carbocycles. The highest BCUT2D eigenvalue weighted by atomic mass is 16.6. The van der Waals surface area contributed by atoms with Gasteiger partial charge in [-0.3, -0.25) is 9.59 Å². The van der Waals surface area contributed by atoms with Crippen LogP contribution < -0.4 is 10.6 Å². The maximum atomic E-state index is 13.0. The first-order valence-electron chi connectivity index (χ1n) is 14.5. The van der Waals surface area contributed by atoms with Crippen LogP contribution in [-0.2, 0) is 19.1 Å². The average Bonchev–Trinajstić information content (AvgIpc) is 2.95. The molecule has 4 atom stereocenters. The third-order valence-electron chi connectivity index (χ3n) is 7.69.